The van der Waals surface area contributed by atoms with Crippen LogP contribution in [0.5, 0.6) is 11.5 Å². The number of likely N-dealkylation sites (tertiary alicyclic amines) is 1. The zero-order valence-corrected chi connectivity index (χ0v) is 14.2. The maximum Gasteiger partial charge on any atom is 0.323 e. The lowest BCUT2D eigenvalue weighted by molar-refractivity contribution is -0.137. The van der Waals surface area contributed by atoms with Gasteiger partial charge in [0, 0.05) is 24.2 Å². The smallest absolute Gasteiger partial charge is 0.323 e. The molecule has 2 aromatic rings. The van der Waals surface area contributed by atoms with Crippen molar-refractivity contribution < 1.29 is 19.4 Å². The number of fused-ring (bicyclic) bond motifs is 1. The van der Waals surface area contributed by atoms with Crippen molar-refractivity contribution in [3.63, 3.8) is 0 Å². The third-order valence-corrected chi connectivity index (χ3v) is 4.67. The SMILES string of the molecule is COc1cc2c(CCN3CCCC3)cn(CC(=O)O)c2cc1OC. The molecule has 6 heteroatoms. The Labute approximate surface area is 141 Å². The minimum absolute atomic E-state index is 0.0598. The summed E-state index contributed by atoms with van der Waals surface area (Å²) in [4.78, 5) is 13.6. The number of methoxy groups -OCH3 is 2. The van der Waals surface area contributed by atoms with E-state index in [4.69, 9.17) is 9.47 Å². The van der Waals surface area contributed by atoms with Gasteiger partial charge in [-0.3, -0.25) is 4.79 Å². The molecule has 3 rings (SSSR count). The Balaban J connectivity index is 1.97. The minimum atomic E-state index is -0.854. The number of carboxylic acids is 1. The second kappa shape index (κ2) is 7.13. The van der Waals surface area contributed by atoms with Crippen LogP contribution in [0, 0.1) is 0 Å². The molecule has 1 fully saturated rings. The Bertz CT molecular complexity index is 732. The summed E-state index contributed by atoms with van der Waals surface area (Å²) in [6.45, 7) is 3.26. The van der Waals surface area contributed by atoms with Gasteiger partial charge in [-0.15, -0.1) is 0 Å². The van der Waals surface area contributed by atoms with Crippen molar-refractivity contribution in [2.24, 2.45) is 0 Å². The van der Waals surface area contributed by atoms with Gasteiger partial charge in [0.25, 0.3) is 0 Å². The summed E-state index contributed by atoms with van der Waals surface area (Å²) in [5.74, 6) is 0.425. The van der Waals surface area contributed by atoms with Crippen LogP contribution in [-0.4, -0.2) is 54.4 Å². The fourth-order valence-electron chi connectivity index (χ4n) is 3.45. The average molecular weight is 332 g/mol. The van der Waals surface area contributed by atoms with Crippen LogP contribution in [0.25, 0.3) is 10.9 Å². The molecule has 0 aliphatic carbocycles. The molecule has 1 aliphatic heterocycles. The number of aliphatic carboxylic acids is 1. The summed E-state index contributed by atoms with van der Waals surface area (Å²) >= 11 is 0. The molecule has 2 heterocycles. The van der Waals surface area contributed by atoms with Crippen molar-refractivity contribution in [3.8, 4) is 11.5 Å². The number of nitrogens with zero attached hydrogens (tertiary/aromatic N) is 2. The van der Waals surface area contributed by atoms with Crippen LogP contribution < -0.4 is 9.47 Å². The number of aromatic nitrogens is 1. The molecule has 1 aromatic heterocycles. The van der Waals surface area contributed by atoms with Crippen molar-refractivity contribution in [2.75, 3.05) is 33.9 Å². The van der Waals surface area contributed by atoms with E-state index >= 15 is 0 Å². The van der Waals surface area contributed by atoms with Gasteiger partial charge in [0.2, 0.25) is 0 Å². The van der Waals surface area contributed by atoms with Gasteiger partial charge in [-0.25, -0.2) is 0 Å². The highest BCUT2D eigenvalue weighted by Crippen LogP contribution is 2.35. The van der Waals surface area contributed by atoms with Gasteiger partial charge in [0.1, 0.15) is 6.54 Å². The normalized spacial score (nSPS) is 15.1. The van der Waals surface area contributed by atoms with E-state index in [1.807, 2.05) is 18.3 Å². The lowest BCUT2D eigenvalue weighted by Gasteiger charge is -2.14. The third kappa shape index (κ3) is 3.33. The van der Waals surface area contributed by atoms with E-state index < -0.39 is 5.97 Å². The molecule has 1 aliphatic rings. The topological polar surface area (TPSA) is 63.9 Å². The second-order valence-corrected chi connectivity index (χ2v) is 6.20. The summed E-state index contributed by atoms with van der Waals surface area (Å²) in [6, 6.07) is 3.81. The average Bonchev–Trinajstić information content (AvgIpc) is 3.19. The van der Waals surface area contributed by atoms with Crippen molar-refractivity contribution in [1.82, 2.24) is 9.47 Å². The van der Waals surface area contributed by atoms with E-state index in [1.165, 1.54) is 12.8 Å². The molecule has 0 spiro atoms. The quantitative estimate of drug-likeness (QED) is 0.843. The Morgan fingerprint density at radius 1 is 1.17 bits per heavy atom. The van der Waals surface area contributed by atoms with E-state index in [1.54, 1.807) is 18.8 Å². The Kier molecular flexibility index (Phi) is 4.94. The molecule has 0 bridgehead atoms. The van der Waals surface area contributed by atoms with Crippen LogP contribution >= 0.6 is 0 Å². The number of rotatable bonds is 7. The van der Waals surface area contributed by atoms with Gasteiger partial charge >= 0.3 is 5.97 Å². The first-order chi connectivity index (χ1) is 11.6. The molecule has 0 amide bonds. The molecule has 1 aromatic carbocycles. The second-order valence-electron chi connectivity index (χ2n) is 6.20. The van der Waals surface area contributed by atoms with Gasteiger partial charge in [-0.2, -0.15) is 0 Å². The number of hydrogen-bond acceptors (Lipinski definition) is 4. The largest absolute Gasteiger partial charge is 0.493 e. The predicted octanol–water partition coefficient (Wildman–Crippen LogP) is 2.38. The highest BCUT2D eigenvalue weighted by molar-refractivity contribution is 5.88. The van der Waals surface area contributed by atoms with E-state index in [0.29, 0.717) is 11.5 Å². The number of carbonyl (C=O) groups is 1. The lowest BCUT2D eigenvalue weighted by Crippen LogP contribution is -2.21. The number of ether oxygens (including phenoxy) is 2. The van der Waals surface area contributed by atoms with E-state index in [0.717, 1.165) is 42.5 Å². The standard InChI is InChI=1S/C18H24N2O4/c1-23-16-9-14-13(5-8-19-6-3-4-7-19)11-20(12-18(21)22)15(14)10-17(16)24-2/h9-11H,3-8,12H2,1-2H3,(H,21,22). The highest BCUT2D eigenvalue weighted by Gasteiger charge is 2.17. The fraction of sp³-hybridized carbons (Fsp3) is 0.500. The predicted molar refractivity (Wildman–Crippen MR) is 92.1 cm³/mol. The molecule has 24 heavy (non-hydrogen) atoms. The van der Waals surface area contributed by atoms with E-state index in [9.17, 15) is 9.90 Å². The maximum atomic E-state index is 11.2. The number of benzene rings is 1. The van der Waals surface area contributed by atoms with E-state index in [2.05, 4.69) is 4.90 Å². The van der Waals surface area contributed by atoms with Gasteiger partial charge in [-0.1, -0.05) is 0 Å². The molecule has 1 N–H and O–H groups in total. The lowest BCUT2D eigenvalue weighted by atomic mass is 10.1. The molecule has 0 saturated carbocycles. The number of hydrogen-bond donors (Lipinski definition) is 1. The zero-order chi connectivity index (χ0) is 17.1. The van der Waals surface area contributed by atoms with Crippen LogP contribution in [0.1, 0.15) is 18.4 Å². The van der Waals surface area contributed by atoms with Gasteiger partial charge in [0.05, 0.1) is 19.7 Å². The Hall–Kier alpha value is -2.21. The molecule has 0 atom stereocenters. The molecule has 1 saturated heterocycles. The maximum absolute atomic E-state index is 11.2. The summed E-state index contributed by atoms with van der Waals surface area (Å²) in [7, 11) is 3.20. The van der Waals surface area contributed by atoms with Crippen LogP contribution in [0.4, 0.5) is 0 Å². The highest BCUT2D eigenvalue weighted by atomic mass is 16.5. The Morgan fingerprint density at radius 2 is 1.83 bits per heavy atom. The fourth-order valence-corrected chi connectivity index (χ4v) is 3.45. The monoisotopic (exact) mass is 332 g/mol. The molecule has 0 unspecified atom stereocenters. The van der Waals surface area contributed by atoms with Crippen LogP contribution in [0.3, 0.4) is 0 Å². The first kappa shape index (κ1) is 16.6. The first-order valence-electron chi connectivity index (χ1n) is 8.30. The van der Waals surface area contributed by atoms with Crippen molar-refractivity contribution >= 4 is 16.9 Å². The molecular formula is C18H24N2O4. The van der Waals surface area contributed by atoms with Crippen molar-refractivity contribution in [1.29, 1.82) is 0 Å². The van der Waals surface area contributed by atoms with Crippen LogP contribution in [0.15, 0.2) is 18.3 Å². The van der Waals surface area contributed by atoms with Crippen molar-refractivity contribution in [3.05, 3.63) is 23.9 Å². The Morgan fingerprint density at radius 3 is 2.46 bits per heavy atom. The summed E-state index contributed by atoms with van der Waals surface area (Å²) in [5.41, 5.74) is 2.02. The zero-order valence-electron chi connectivity index (χ0n) is 14.2. The molecular weight excluding hydrogens is 308 g/mol. The summed E-state index contributed by atoms with van der Waals surface area (Å²) in [6.07, 6.45) is 5.39. The third-order valence-electron chi connectivity index (χ3n) is 4.67. The van der Waals surface area contributed by atoms with Crippen molar-refractivity contribution in [2.45, 2.75) is 25.8 Å². The van der Waals surface area contributed by atoms with Gasteiger partial charge < -0.3 is 24.0 Å². The van der Waals surface area contributed by atoms with Crippen LogP contribution in [0.2, 0.25) is 0 Å². The summed E-state index contributed by atoms with van der Waals surface area (Å²) in [5, 5.41) is 10.2. The summed E-state index contributed by atoms with van der Waals surface area (Å²) < 4.78 is 12.5. The van der Waals surface area contributed by atoms with Crippen LogP contribution in [-0.2, 0) is 17.8 Å². The minimum Gasteiger partial charge on any atom is -0.493 e. The van der Waals surface area contributed by atoms with Gasteiger partial charge in [-0.05, 0) is 44.0 Å². The molecule has 6 nitrogen and oxygen atoms in total. The first-order valence-corrected chi connectivity index (χ1v) is 8.30. The molecule has 130 valence electrons. The number of carboxylic acid groups (broad SMARTS) is 1. The van der Waals surface area contributed by atoms with Gasteiger partial charge in [0.15, 0.2) is 11.5 Å². The molecule has 0 radical (unpaired) electrons. The van der Waals surface area contributed by atoms with E-state index in [-0.39, 0.29) is 6.54 Å².